The van der Waals surface area contributed by atoms with Crippen LogP contribution in [0.5, 0.6) is 0 Å². The molecule has 3 amide bonds. The molecule has 0 aliphatic carbocycles. The molecular weight excluding hydrogens is 286 g/mol. The van der Waals surface area contributed by atoms with E-state index in [0.29, 0.717) is 12.7 Å². The summed E-state index contributed by atoms with van der Waals surface area (Å²) in [6.45, 7) is 3.55. The first kappa shape index (κ1) is 14.5. The quantitative estimate of drug-likeness (QED) is 0.802. The van der Waals surface area contributed by atoms with Gasteiger partial charge in [-0.25, -0.2) is 9.69 Å². The minimum atomic E-state index is -0.315. The van der Waals surface area contributed by atoms with E-state index < -0.39 is 0 Å². The molecule has 114 valence electrons. The van der Waals surface area contributed by atoms with E-state index in [1.165, 1.54) is 14.7 Å². The highest BCUT2D eigenvalue weighted by Crippen LogP contribution is 2.23. The molecule has 6 heteroatoms. The maximum Gasteiger partial charge on any atom is 0.329 e. The molecular formula is C15H22N3O2S+. The summed E-state index contributed by atoms with van der Waals surface area (Å²) in [5, 5.41) is 4.90. The largest absolute Gasteiger partial charge is 0.329 e. The number of rotatable bonds is 5. The molecule has 1 aromatic rings. The predicted octanol–water partition coefficient (Wildman–Crippen LogP) is 1.15. The topological polar surface area (TPSA) is 53.9 Å². The number of nitrogens with one attached hydrogen (secondary N) is 2. The van der Waals surface area contributed by atoms with Crippen LogP contribution in [0.3, 0.4) is 0 Å². The molecule has 0 saturated carbocycles. The highest BCUT2D eigenvalue weighted by Gasteiger charge is 2.42. The number of hydrogen-bond donors (Lipinski definition) is 2. The molecule has 21 heavy (non-hydrogen) atoms. The molecule has 3 atom stereocenters. The highest BCUT2D eigenvalue weighted by atomic mass is 32.1. The number of quaternary nitrogens is 1. The fourth-order valence-electron chi connectivity index (χ4n) is 3.35. The Morgan fingerprint density at radius 1 is 1.48 bits per heavy atom. The van der Waals surface area contributed by atoms with Crippen molar-refractivity contribution < 1.29 is 14.5 Å². The van der Waals surface area contributed by atoms with Crippen molar-refractivity contribution in [2.24, 2.45) is 0 Å². The van der Waals surface area contributed by atoms with Gasteiger partial charge < -0.3 is 10.2 Å². The molecule has 3 heterocycles. The zero-order valence-electron chi connectivity index (χ0n) is 12.3. The maximum atomic E-state index is 12.3. The minimum Gasteiger partial charge on any atom is -0.326 e. The van der Waals surface area contributed by atoms with Crippen LogP contribution in [-0.2, 0) is 4.79 Å². The van der Waals surface area contributed by atoms with E-state index in [1.54, 1.807) is 11.3 Å². The lowest BCUT2D eigenvalue weighted by Crippen LogP contribution is -3.12. The predicted molar refractivity (Wildman–Crippen MR) is 81.1 cm³/mol. The Morgan fingerprint density at radius 3 is 3.05 bits per heavy atom. The SMILES string of the molecule is CCC[C@H]1NC(=O)N(C[NH+]2CCC[C@@H]2c2cccs2)C1=O. The smallest absolute Gasteiger partial charge is 0.326 e. The van der Waals surface area contributed by atoms with Gasteiger partial charge in [0, 0.05) is 12.8 Å². The highest BCUT2D eigenvalue weighted by molar-refractivity contribution is 7.10. The molecule has 3 rings (SSSR count). The Labute approximate surface area is 128 Å². The van der Waals surface area contributed by atoms with E-state index in [2.05, 4.69) is 22.8 Å². The second-order valence-corrected chi connectivity index (χ2v) is 6.81. The van der Waals surface area contributed by atoms with Gasteiger partial charge in [-0.3, -0.25) is 4.79 Å². The third kappa shape index (κ3) is 2.82. The second-order valence-electron chi connectivity index (χ2n) is 5.83. The van der Waals surface area contributed by atoms with Crippen LogP contribution in [0.4, 0.5) is 4.79 Å². The number of nitrogens with zero attached hydrogens (tertiary/aromatic N) is 1. The van der Waals surface area contributed by atoms with E-state index in [1.807, 2.05) is 6.92 Å². The molecule has 0 bridgehead atoms. The van der Waals surface area contributed by atoms with Crippen LogP contribution in [0.1, 0.15) is 43.5 Å². The first-order valence-corrected chi connectivity index (χ1v) is 8.58. The summed E-state index contributed by atoms with van der Waals surface area (Å²) in [7, 11) is 0. The van der Waals surface area contributed by atoms with Crippen LogP contribution >= 0.6 is 11.3 Å². The average Bonchev–Trinajstić information content (AvgIpc) is 3.17. The molecule has 0 aromatic carbocycles. The molecule has 2 saturated heterocycles. The van der Waals surface area contributed by atoms with E-state index >= 15 is 0 Å². The van der Waals surface area contributed by atoms with Crippen LogP contribution < -0.4 is 10.2 Å². The summed E-state index contributed by atoms with van der Waals surface area (Å²) in [6, 6.07) is 4.12. The zero-order valence-corrected chi connectivity index (χ0v) is 13.1. The molecule has 2 aliphatic rings. The van der Waals surface area contributed by atoms with Gasteiger partial charge in [0.25, 0.3) is 5.91 Å². The summed E-state index contributed by atoms with van der Waals surface area (Å²) < 4.78 is 0. The van der Waals surface area contributed by atoms with Crippen LogP contribution in [-0.4, -0.2) is 36.1 Å². The van der Waals surface area contributed by atoms with Crippen molar-refractivity contribution >= 4 is 23.3 Å². The Morgan fingerprint density at radius 2 is 2.33 bits per heavy atom. The molecule has 2 fully saturated rings. The Bertz CT molecular complexity index is 517. The number of thiophene rings is 1. The summed E-state index contributed by atoms with van der Waals surface area (Å²) in [5.41, 5.74) is 0. The lowest BCUT2D eigenvalue weighted by atomic mass is 10.1. The van der Waals surface area contributed by atoms with Gasteiger partial charge in [-0.15, -0.1) is 11.3 Å². The molecule has 2 N–H and O–H groups in total. The van der Waals surface area contributed by atoms with Gasteiger partial charge in [0.05, 0.1) is 11.4 Å². The van der Waals surface area contributed by atoms with Crippen LogP contribution in [0, 0.1) is 0 Å². The third-order valence-electron chi connectivity index (χ3n) is 4.42. The van der Waals surface area contributed by atoms with Crippen molar-refractivity contribution in [3.63, 3.8) is 0 Å². The minimum absolute atomic E-state index is 0.0498. The maximum absolute atomic E-state index is 12.3. The molecule has 1 aromatic heterocycles. The zero-order chi connectivity index (χ0) is 14.8. The number of amides is 3. The van der Waals surface area contributed by atoms with Gasteiger partial charge in [0.1, 0.15) is 12.1 Å². The second kappa shape index (κ2) is 6.15. The van der Waals surface area contributed by atoms with Gasteiger partial charge in [-0.05, 0) is 17.9 Å². The number of carbonyl (C=O) groups excluding carboxylic acids is 2. The fourth-order valence-corrected chi connectivity index (χ4v) is 4.27. The van der Waals surface area contributed by atoms with Crippen molar-refractivity contribution in [1.82, 2.24) is 10.2 Å². The summed E-state index contributed by atoms with van der Waals surface area (Å²) in [4.78, 5) is 28.5. The van der Waals surface area contributed by atoms with Crippen LogP contribution in [0.25, 0.3) is 0 Å². The van der Waals surface area contributed by atoms with Crippen molar-refractivity contribution in [3.05, 3.63) is 22.4 Å². The van der Waals surface area contributed by atoms with E-state index in [0.717, 1.165) is 32.2 Å². The molecule has 0 spiro atoms. The van der Waals surface area contributed by atoms with Crippen LogP contribution in [0.2, 0.25) is 0 Å². The molecule has 0 radical (unpaired) electrons. The van der Waals surface area contributed by atoms with Crippen molar-refractivity contribution in [2.45, 2.75) is 44.7 Å². The molecule has 5 nitrogen and oxygen atoms in total. The number of likely N-dealkylation sites (tertiary alicyclic amines) is 1. The van der Waals surface area contributed by atoms with Crippen molar-refractivity contribution in [3.8, 4) is 0 Å². The van der Waals surface area contributed by atoms with Crippen molar-refractivity contribution in [1.29, 1.82) is 0 Å². The van der Waals surface area contributed by atoms with Gasteiger partial charge in [-0.2, -0.15) is 0 Å². The normalized spacial score (nSPS) is 29.2. The number of imide groups is 1. The monoisotopic (exact) mass is 308 g/mol. The standard InChI is InChI=1S/C15H21N3O2S/c1-2-5-11-14(19)18(15(20)16-11)10-17-8-3-6-12(17)13-7-4-9-21-13/h4,7,9,11-12H,2-3,5-6,8,10H2,1H3,(H,16,20)/p+1/t11-,12-/m1/s1. The van der Waals surface area contributed by atoms with Gasteiger partial charge >= 0.3 is 6.03 Å². The average molecular weight is 308 g/mol. The van der Waals surface area contributed by atoms with E-state index in [-0.39, 0.29) is 18.0 Å². The number of urea groups is 1. The lowest BCUT2D eigenvalue weighted by Gasteiger charge is -2.24. The van der Waals surface area contributed by atoms with Crippen LogP contribution in [0.15, 0.2) is 17.5 Å². The fraction of sp³-hybridized carbons (Fsp3) is 0.600. The first-order chi connectivity index (χ1) is 10.2. The van der Waals surface area contributed by atoms with Gasteiger partial charge in [0.15, 0.2) is 6.67 Å². The summed E-state index contributed by atoms with van der Waals surface area (Å²) in [5.74, 6) is -0.0498. The Hall–Kier alpha value is -1.40. The number of hydrogen-bond acceptors (Lipinski definition) is 3. The molecule has 1 unspecified atom stereocenters. The Balaban J connectivity index is 1.68. The number of carbonyl (C=O) groups is 2. The van der Waals surface area contributed by atoms with E-state index in [9.17, 15) is 9.59 Å². The summed E-state index contributed by atoms with van der Waals surface area (Å²) >= 11 is 1.77. The summed E-state index contributed by atoms with van der Waals surface area (Å²) in [6.07, 6.45) is 3.92. The van der Waals surface area contributed by atoms with E-state index in [4.69, 9.17) is 0 Å². The lowest BCUT2D eigenvalue weighted by molar-refractivity contribution is -0.925. The van der Waals surface area contributed by atoms with Gasteiger partial charge in [-0.1, -0.05) is 19.4 Å². The Kier molecular flexibility index (Phi) is 4.26. The third-order valence-corrected chi connectivity index (χ3v) is 5.40. The molecule has 2 aliphatic heterocycles. The van der Waals surface area contributed by atoms with Crippen molar-refractivity contribution in [2.75, 3.05) is 13.2 Å². The van der Waals surface area contributed by atoms with Gasteiger partial charge in [0.2, 0.25) is 0 Å². The first-order valence-electron chi connectivity index (χ1n) is 7.70.